The lowest BCUT2D eigenvalue weighted by Gasteiger charge is -2.11. The van der Waals surface area contributed by atoms with Crippen LogP contribution in [0.4, 0.5) is 8.78 Å². The summed E-state index contributed by atoms with van der Waals surface area (Å²) in [4.78, 5) is 11.5. The van der Waals surface area contributed by atoms with Crippen molar-refractivity contribution in [1.82, 2.24) is 5.32 Å². The quantitative estimate of drug-likeness (QED) is 0.778. The van der Waals surface area contributed by atoms with Crippen molar-refractivity contribution in [3.63, 3.8) is 0 Å². The highest BCUT2D eigenvalue weighted by Gasteiger charge is 2.12. The maximum Gasteiger partial charge on any atom is 0.224 e. The Morgan fingerprint density at radius 3 is 2.63 bits per heavy atom. The predicted octanol–water partition coefficient (Wildman–Crippen LogP) is 0.987. The third-order valence-corrected chi connectivity index (χ3v) is 2.62. The molecular weight excluding hydrogens is 254 g/mol. The Balaban J connectivity index is 2.39. The zero-order valence-corrected chi connectivity index (χ0v) is 10.8. The summed E-state index contributed by atoms with van der Waals surface area (Å²) >= 11 is 0. The molecule has 0 aromatic heterocycles. The Morgan fingerprint density at radius 1 is 1.42 bits per heavy atom. The predicted molar refractivity (Wildman–Crippen MR) is 67.5 cm³/mol. The van der Waals surface area contributed by atoms with E-state index >= 15 is 0 Å². The number of hydrogen-bond acceptors (Lipinski definition) is 3. The van der Waals surface area contributed by atoms with Crippen LogP contribution < -0.4 is 11.1 Å². The molecule has 19 heavy (non-hydrogen) atoms. The van der Waals surface area contributed by atoms with Crippen LogP contribution in [0.25, 0.3) is 0 Å². The van der Waals surface area contributed by atoms with E-state index in [1.54, 1.807) is 7.11 Å². The van der Waals surface area contributed by atoms with Gasteiger partial charge in [-0.05, 0) is 18.6 Å². The highest BCUT2D eigenvalue weighted by molar-refractivity contribution is 5.78. The summed E-state index contributed by atoms with van der Waals surface area (Å²) in [6.45, 7) is 0.747. The first-order valence-electron chi connectivity index (χ1n) is 5.98. The van der Waals surface area contributed by atoms with Crippen molar-refractivity contribution in [1.29, 1.82) is 0 Å². The molecule has 0 saturated carbocycles. The zero-order chi connectivity index (χ0) is 14.3. The minimum Gasteiger partial charge on any atom is -0.383 e. The zero-order valence-electron chi connectivity index (χ0n) is 10.8. The van der Waals surface area contributed by atoms with Crippen molar-refractivity contribution >= 4 is 5.91 Å². The number of benzene rings is 1. The van der Waals surface area contributed by atoms with Crippen molar-refractivity contribution in [2.75, 3.05) is 20.3 Å². The van der Waals surface area contributed by atoms with Crippen molar-refractivity contribution in [2.45, 2.75) is 18.9 Å². The summed E-state index contributed by atoms with van der Waals surface area (Å²) in [6, 6.07) is 3.34. The second kappa shape index (κ2) is 7.81. The van der Waals surface area contributed by atoms with Crippen molar-refractivity contribution in [2.24, 2.45) is 5.73 Å². The molecule has 0 aliphatic carbocycles. The summed E-state index contributed by atoms with van der Waals surface area (Å²) in [5.74, 6) is -1.87. The molecule has 0 spiro atoms. The Kier molecular flexibility index (Phi) is 6.38. The van der Waals surface area contributed by atoms with E-state index in [1.165, 1.54) is 6.07 Å². The molecule has 4 nitrogen and oxygen atoms in total. The molecule has 1 unspecified atom stereocenters. The topological polar surface area (TPSA) is 64.3 Å². The molecule has 1 atom stereocenters. The number of nitrogens with two attached hydrogens (primary N) is 1. The van der Waals surface area contributed by atoms with Crippen LogP contribution in [0.1, 0.15) is 12.0 Å². The third kappa shape index (κ3) is 5.32. The fourth-order valence-electron chi connectivity index (χ4n) is 1.62. The van der Waals surface area contributed by atoms with Gasteiger partial charge in [-0.25, -0.2) is 8.78 Å². The largest absolute Gasteiger partial charge is 0.383 e. The normalized spacial score (nSPS) is 12.2. The molecule has 6 heteroatoms. The van der Waals surface area contributed by atoms with Gasteiger partial charge >= 0.3 is 0 Å². The van der Waals surface area contributed by atoms with E-state index in [0.717, 1.165) is 12.1 Å². The number of halogens is 2. The SMILES string of the molecule is COCC(N)CCNC(=O)Cc1c(F)cccc1F. The van der Waals surface area contributed by atoms with E-state index in [9.17, 15) is 13.6 Å². The Labute approximate surface area is 110 Å². The van der Waals surface area contributed by atoms with Crippen LogP contribution in [-0.2, 0) is 16.0 Å². The number of methoxy groups -OCH3 is 1. The molecule has 106 valence electrons. The summed E-state index contributed by atoms with van der Waals surface area (Å²) < 4.78 is 31.5. The highest BCUT2D eigenvalue weighted by Crippen LogP contribution is 2.12. The Morgan fingerprint density at radius 2 is 2.05 bits per heavy atom. The molecule has 1 rings (SSSR count). The van der Waals surface area contributed by atoms with E-state index in [0.29, 0.717) is 19.6 Å². The van der Waals surface area contributed by atoms with E-state index in [4.69, 9.17) is 10.5 Å². The van der Waals surface area contributed by atoms with Gasteiger partial charge in [0.15, 0.2) is 0 Å². The standard InChI is InChI=1S/C13H18F2N2O2/c1-19-8-9(16)5-6-17-13(18)7-10-11(14)3-2-4-12(10)15/h2-4,9H,5-8,16H2,1H3,(H,17,18). The lowest BCUT2D eigenvalue weighted by Crippen LogP contribution is -2.33. The van der Waals surface area contributed by atoms with Crippen molar-refractivity contribution in [3.05, 3.63) is 35.4 Å². The molecule has 1 aromatic rings. The number of nitrogens with one attached hydrogen (secondary N) is 1. The van der Waals surface area contributed by atoms with Gasteiger partial charge in [0.2, 0.25) is 5.91 Å². The van der Waals surface area contributed by atoms with Gasteiger partial charge in [0, 0.05) is 25.3 Å². The molecule has 0 bridgehead atoms. The Bertz CT molecular complexity index is 407. The minimum atomic E-state index is -0.716. The number of carbonyl (C=O) groups excluding carboxylic acids is 1. The van der Waals surface area contributed by atoms with Gasteiger partial charge < -0.3 is 15.8 Å². The van der Waals surface area contributed by atoms with Gasteiger partial charge in [-0.2, -0.15) is 0 Å². The third-order valence-electron chi connectivity index (χ3n) is 2.62. The van der Waals surface area contributed by atoms with Crippen LogP contribution in [0.3, 0.4) is 0 Å². The van der Waals surface area contributed by atoms with Gasteiger partial charge in [0.25, 0.3) is 0 Å². The summed E-state index contributed by atoms with van der Waals surface area (Å²) in [7, 11) is 1.54. The highest BCUT2D eigenvalue weighted by atomic mass is 19.1. The molecule has 0 saturated heterocycles. The van der Waals surface area contributed by atoms with E-state index in [1.807, 2.05) is 0 Å². The van der Waals surface area contributed by atoms with Crippen LogP contribution in [0, 0.1) is 11.6 Å². The molecule has 3 N–H and O–H groups in total. The maximum absolute atomic E-state index is 13.3. The second-order valence-corrected chi connectivity index (χ2v) is 4.23. The smallest absolute Gasteiger partial charge is 0.224 e. The van der Waals surface area contributed by atoms with Crippen LogP contribution >= 0.6 is 0 Å². The molecule has 1 aromatic carbocycles. The number of ether oxygens (including phenoxy) is 1. The monoisotopic (exact) mass is 272 g/mol. The molecular formula is C13H18F2N2O2. The van der Waals surface area contributed by atoms with Gasteiger partial charge in [-0.15, -0.1) is 0 Å². The first-order valence-corrected chi connectivity index (χ1v) is 5.98. The Hall–Kier alpha value is -1.53. The number of amides is 1. The van der Waals surface area contributed by atoms with Crippen LogP contribution in [0.5, 0.6) is 0 Å². The average molecular weight is 272 g/mol. The number of carbonyl (C=O) groups is 1. The van der Waals surface area contributed by atoms with E-state index in [2.05, 4.69) is 5.32 Å². The second-order valence-electron chi connectivity index (χ2n) is 4.23. The van der Waals surface area contributed by atoms with Crippen LogP contribution in [0.15, 0.2) is 18.2 Å². The number of rotatable bonds is 7. The molecule has 0 radical (unpaired) electrons. The summed E-state index contributed by atoms with van der Waals surface area (Å²) in [5.41, 5.74) is 5.45. The molecule has 0 heterocycles. The fourth-order valence-corrected chi connectivity index (χ4v) is 1.62. The van der Waals surface area contributed by atoms with Crippen LogP contribution in [0.2, 0.25) is 0 Å². The van der Waals surface area contributed by atoms with Gasteiger partial charge in [0.05, 0.1) is 13.0 Å². The summed E-state index contributed by atoms with van der Waals surface area (Å²) in [6.07, 6.45) is 0.220. The van der Waals surface area contributed by atoms with E-state index < -0.39 is 17.5 Å². The fraction of sp³-hybridized carbons (Fsp3) is 0.462. The lowest BCUT2D eigenvalue weighted by molar-refractivity contribution is -0.120. The maximum atomic E-state index is 13.3. The molecule has 0 aliphatic rings. The minimum absolute atomic E-state index is 0.171. The summed E-state index contributed by atoms with van der Waals surface area (Å²) in [5, 5.41) is 2.57. The first kappa shape index (κ1) is 15.5. The molecule has 1 amide bonds. The molecule has 0 aliphatic heterocycles. The molecule has 0 fully saturated rings. The van der Waals surface area contributed by atoms with Gasteiger partial charge in [-0.1, -0.05) is 6.07 Å². The average Bonchev–Trinajstić information content (AvgIpc) is 2.34. The van der Waals surface area contributed by atoms with Crippen molar-refractivity contribution < 1.29 is 18.3 Å². The lowest BCUT2D eigenvalue weighted by atomic mass is 10.1. The van der Waals surface area contributed by atoms with E-state index in [-0.39, 0.29) is 18.0 Å². The van der Waals surface area contributed by atoms with Crippen molar-refractivity contribution in [3.8, 4) is 0 Å². The van der Waals surface area contributed by atoms with Crippen LogP contribution in [-0.4, -0.2) is 32.2 Å². The van der Waals surface area contributed by atoms with Gasteiger partial charge in [-0.3, -0.25) is 4.79 Å². The number of hydrogen-bond donors (Lipinski definition) is 2. The van der Waals surface area contributed by atoms with Gasteiger partial charge in [0.1, 0.15) is 11.6 Å². The first-order chi connectivity index (χ1) is 9.04.